The van der Waals surface area contributed by atoms with Gasteiger partial charge >= 0.3 is 0 Å². The Morgan fingerprint density at radius 3 is 2.83 bits per heavy atom. The van der Waals surface area contributed by atoms with Crippen LogP contribution in [-0.2, 0) is 6.54 Å². The number of benzene rings is 1. The van der Waals surface area contributed by atoms with Crippen LogP contribution in [-0.4, -0.2) is 41.1 Å². The molecule has 130 valence electrons. The minimum atomic E-state index is -0.194. The van der Waals surface area contributed by atoms with E-state index in [-0.39, 0.29) is 5.82 Å². The summed E-state index contributed by atoms with van der Waals surface area (Å²) >= 11 is 1.72. The number of hydrogen-bond donors (Lipinski definition) is 2. The Morgan fingerprint density at radius 2 is 2.12 bits per heavy atom. The highest BCUT2D eigenvalue weighted by Gasteiger charge is 1.98. The predicted octanol–water partition coefficient (Wildman–Crippen LogP) is 2.76. The molecule has 0 fully saturated rings. The van der Waals surface area contributed by atoms with Gasteiger partial charge < -0.3 is 10.6 Å². The van der Waals surface area contributed by atoms with Crippen LogP contribution in [0.3, 0.4) is 0 Å². The van der Waals surface area contributed by atoms with E-state index in [4.69, 9.17) is 0 Å². The zero-order valence-corrected chi connectivity index (χ0v) is 14.7. The van der Waals surface area contributed by atoms with Gasteiger partial charge in [0.25, 0.3) is 0 Å². The van der Waals surface area contributed by atoms with E-state index in [2.05, 4.69) is 27.6 Å². The Hall–Kier alpha value is -2.02. The molecule has 1 aromatic carbocycles. The summed E-state index contributed by atoms with van der Waals surface area (Å²) in [5.74, 6) is 1.60. The minimum Gasteiger partial charge on any atom is -0.357 e. The quantitative estimate of drug-likeness (QED) is 0.316. The van der Waals surface area contributed by atoms with Crippen LogP contribution in [0, 0.1) is 5.82 Å². The molecule has 0 atom stereocenters. The van der Waals surface area contributed by atoms with Gasteiger partial charge in [0.2, 0.25) is 0 Å². The summed E-state index contributed by atoms with van der Waals surface area (Å²) in [6, 6.07) is 8.52. The first-order valence-corrected chi connectivity index (χ1v) is 9.14. The van der Waals surface area contributed by atoms with Crippen LogP contribution >= 0.6 is 11.8 Å². The smallest absolute Gasteiger partial charge is 0.191 e. The fourth-order valence-electron chi connectivity index (χ4n) is 2.04. The molecule has 2 aromatic rings. The summed E-state index contributed by atoms with van der Waals surface area (Å²) in [5, 5.41) is 10.7. The molecule has 0 bridgehead atoms. The number of nitrogens with one attached hydrogen (secondary N) is 2. The summed E-state index contributed by atoms with van der Waals surface area (Å²) in [6.45, 7) is 5.22. The van der Waals surface area contributed by atoms with E-state index >= 15 is 0 Å². The van der Waals surface area contributed by atoms with Crippen molar-refractivity contribution in [1.82, 2.24) is 20.4 Å². The molecule has 0 aliphatic rings. The Labute approximate surface area is 146 Å². The standard InChI is InChI=1S/C17H24FN5S/c1-2-19-17(21-11-13-23-12-3-10-22-23)20-9-4-14-24-16-7-5-15(18)6-8-16/h3,5-8,10,12H,2,4,9,11,13-14H2,1H3,(H2,19,20,21). The van der Waals surface area contributed by atoms with E-state index in [1.165, 1.54) is 12.1 Å². The van der Waals surface area contributed by atoms with Crippen molar-refractivity contribution in [3.63, 3.8) is 0 Å². The fourth-order valence-corrected chi connectivity index (χ4v) is 2.88. The van der Waals surface area contributed by atoms with Gasteiger partial charge in [-0.25, -0.2) is 4.39 Å². The molecular formula is C17H24FN5S. The molecule has 0 aliphatic carbocycles. The fraction of sp³-hybridized carbons (Fsp3) is 0.412. The third kappa shape index (κ3) is 7.04. The second-order valence-electron chi connectivity index (χ2n) is 5.11. The summed E-state index contributed by atoms with van der Waals surface area (Å²) in [6.07, 6.45) is 4.69. The Kier molecular flexibility index (Phi) is 8.17. The van der Waals surface area contributed by atoms with Gasteiger partial charge in [-0.15, -0.1) is 11.8 Å². The lowest BCUT2D eigenvalue weighted by Gasteiger charge is -2.11. The Bertz CT molecular complexity index is 598. The maximum Gasteiger partial charge on any atom is 0.191 e. The number of guanidine groups is 1. The molecule has 2 rings (SSSR count). The molecule has 0 aliphatic heterocycles. The van der Waals surface area contributed by atoms with Gasteiger partial charge in [0, 0.05) is 36.9 Å². The number of aromatic nitrogens is 2. The average molecular weight is 349 g/mol. The molecule has 5 nitrogen and oxygen atoms in total. The maximum atomic E-state index is 12.8. The topological polar surface area (TPSA) is 54.2 Å². The third-order valence-corrected chi connectivity index (χ3v) is 4.29. The maximum absolute atomic E-state index is 12.8. The van der Waals surface area contributed by atoms with Crippen LogP contribution in [0.2, 0.25) is 0 Å². The lowest BCUT2D eigenvalue weighted by atomic mass is 10.4. The highest BCUT2D eigenvalue weighted by molar-refractivity contribution is 7.99. The lowest BCUT2D eigenvalue weighted by Crippen LogP contribution is -2.39. The third-order valence-electron chi connectivity index (χ3n) is 3.19. The van der Waals surface area contributed by atoms with Gasteiger partial charge in [0.1, 0.15) is 5.82 Å². The van der Waals surface area contributed by atoms with Crippen LogP contribution in [0.4, 0.5) is 4.39 Å². The van der Waals surface area contributed by atoms with Crippen molar-refractivity contribution in [2.75, 3.05) is 25.4 Å². The van der Waals surface area contributed by atoms with E-state index < -0.39 is 0 Å². The van der Waals surface area contributed by atoms with Gasteiger partial charge in [-0.3, -0.25) is 9.67 Å². The number of rotatable bonds is 9. The highest BCUT2D eigenvalue weighted by atomic mass is 32.2. The first kappa shape index (κ1) is 18.3. The molecule has 0 saturated carbocycles. The second-order valence-corrected chi connectivity index (χ2v) is 6.28. The molecule has 1 heterocycles. The van der Waals surface area contributed by atoms with E-state index in [1.807, 2.05) is 29.1 Å². The molecule has 0 saturated heterocycles. The summed E-state index contributed by atoms with van der Waals surface area (Å²) < 4.78 is 14.7. The number of halogens is 1. The SMILES string of the molecule is CCNC(=NCCCSc1ccc(F)cc1)NCCn1cccn1. The van der Waals surface area contributed by atoms with Gasteiger partial charge in [-0.2, -0.15) is 5.10 Å². The van der Waals surface area contributed by atoms with Gasteiger partial charge in [-0.1, -0.05) is 0 Å². The number of nitrogens with zero attached hydrogens (tertiary/aromatic N) is 3. The van der Waals surface area contributed by atoms with Crippen molar-refractivity contribution >= 4 is 17.7 Å². The van der Waals surface area contributed by atoms with E-state index in [1.54, 1.807) is 18.0 Å². The largest absolute Gasteiger partial charge is 0.357 e. The van der Waals surface area contributed by atoms with Crippen molar-refractivity contribution in [1.29, 1.82) is 0 Å². The molecule has 7 heteroatoms. The van der Waals surface area contributed by atoms with Crippen LogP contribution in [0.1, 0.15) is 13.3 Å². The molecule has 0 amide bonds. The number of thioether (sulfide) groups is 1. The molecule has 0 spiro atoms. The zero-order chi connectivity index (χ0) is 17.0. The summed E-state index contributed by atoms with van der Waals surface area (Å²) in [4.78, 5) is 5.66. The van der Waals surface area contributed by atoms with Gasteiger partial charge in [0.05, 0.1) is 6.54 Å². The van der Waals surface area contributed by atoms with Crippen LogP contribution in [0.15, 0.2) is 52.6 Å². The number of aliphatic imine (C=N–C) groups is 1. The summed E-state index contributed by atoms with van der Waals surface area (Å²) in [7, 11) is 0. The monoisotopic (exact) mass is 349 g/mol. The molecule has 24 heavy (non-hydrogen) atoms. The van der Waals surface area contributed by atoms with Crippen molar-refractivity contribution in [2.24, 2.45) is 4.99 Å². The second kappa shape index (κ2) is 10.7. The van der Waals surface area contributed by atoms with Gasteiger partial charge in [0.15, 0.2) is 5.96 Å². The zero-order valence-electron chi connectivity index (χ0n) is 13.9. The van der Waals surface area contributed by atoms with Crippen LogP contribution in [0.5, 0.6) is 0 Å². The Morgan fingerprint density at radius 1 is 1.29 bits per heavy atom. The van der Waals surface area contributed by atoms with Crippen molar-refractivity contribution in [3.8, 4) is 0 Å². The van der Waals surface area contributed by atoms with Crippen molar-refractivity contribution in [2.45, 2.75) is 24.8 Å². The summed E-state index contributed by atoms with van der Waals surface area (Å²) in [5.41, 5.74) is 0. The van der Waals surface area contributed by atoms with E-state index in [9.17, 15) is 4.39 Å². The normalized spacial score (nSPS) is 11.5. The molecule has 1 aromatic heterocycles. The van der Waals surface area contributed by atoms with Crippen molar-refractivity contribution < 1.29 is 4.39 Å². The predicted molar refractivity (Wildman–Crippen MR) is 97.9 cm³/mol. The Balaban J connectivity index is 1.65. The minimum absolute atomic E-state index is 0.194. The highest BCUT2D eigenvalue weighted by Crippen LogP contribution is 2.18. The van der Waals surface area contributed by atoms with E-state index in [0.717, 1.165) is 49.2 Å². The van der Waals surface area contributed by atoms with E-state index in [0.29, 0.717) is 0 Å². The first-order chi connectivity index (χ1) is 11.8. The molecular weight excluding hydrogens is 325 g/mol. The molecule has 0 radical (unpaired) electrons. The first-order valence-electron chi connectivity index (χ1n) is 8.16. The van der Waals surface area contributed by atoms with Gasteiger partial charge in [-0.05, 0) is 49.4 Å². The van der Waals surface area contributed by atoms with Crippen molar-refractivity contribution in [3.05, 3.63) is 48.5 Å². The average Bonchev–Trinajstić information content (AvgIpc) is 3.09. The van der Waals surface area contributed by atoms with Crippen LogP contribution in [0.25, 0.3) is 0 Å². The molecule has 2 N–H and O–H groups in total. The molecule has 0 unspecified atom stereocenters. The number of hydrogen-bond acceptors (Lipinski definition) is 3. The lowest BCUT2D eigenvalue weighted by molar-refractivity contribution is 0.598. The van der Waals surface area contributed by atoms with Crippen LogP contribution < -0.4 is 10.6 Å².